The number of benzene rings is 1. The number of piperazine rings is 1. The number of aromatic nitrogens is 3. The zero-order valence-electron chi connectivity index (χ0n) is 18.0. The van der Waals surface area contributed by atoms with Crippen LogP contribution in [0.25, 0.3) is 16.9 Å². The molecule has 4 heterocycles. The minimum Gasteiger partial charge on any atom is -0.379 e. The first kappa shape index (κ1) is 20.4. The lowest BCUT2D eigenvalue weighted by Crippen LogP contribution is -2.49. The normalized spacial score (nSPS) is 18.7. The Morgan fingerprint density at radius 2 is 1.58 bits per heavy atom. The molecule has 2 aliphatic heterocycles. The molecule has 0 amide bonds. The SMILES string of the molecule is Cc1cc(N2CCN(CCN3CCOCC3)CC2)n2nc(-c3ccc(F)cc3)cc2n1. The van der Waals surface area contributed by atoms with Gasteiger partial charge in [-0.05, 0) is 31.2 Å². The highest BCUT2D eigenvalue weighted by Crippen LogP contribution is 2.24. The molecule has 8 heteroatoms. The molecule has 2 fully saturated rings. The quantitative estimate of drug-likeness (QED) is 0.627. The van der Waals surface area contributed by atoms with Crippen molar-refractivity contribution in [1.82, 2.24) is 24.4 Å². The van der Waals surface area contributed by atoms with Gasteiger partial charge in [-0.25, -0.2) is 9.37 Å². The van der Waals surface area contributed by atoms with Crippen molar-refractivity contribution >= 4 is 11.5 Å². The average Bonchev–Trinajstić information content (AvgIpc) is 3.22. The van der Waals surface area contributed by atoms with Crippen LogP contribution in [0.1, 0.15) is 5.69 Å². The Bertz CT molecular complexity index is 1020. The second-order valence-electron chi connectivity index (χ2n) is 8.34. The standard InChI is InChI=1S/C23H29FN6O/c1-18-16-23(29-10-8-27(9-11-29)6-7-28-12-14-31-15-13-28)30-22(25-18)17-21(26-30)19-2-4-20(24)5-3-19/h2-5,16-17H,6-15H2,1H3. The van der Waals surface area contributed by atoms with Crippen molar-refractivity contribution in [3.05, 3.63) is 47.9 Å². The molecule has 31 heavy (non-hydrogen) atoms. The molecule has 7 nitrogen and oxygen atoms in total. The van der Waals surface area contributed by atoms with Crippen LogP contribution in [0.2, 0.25) is 0 Å². The lowest BCUT2D eigenvalue weighted by atomic mass is 10.1. The lowest BCUT2D eigenvalue weighted by molar-refractivity contribution is 0.0331. The van der Waals surface area contributed by atoms with Crippen molar-refractivity contribution < 1.29 is 9.13 Å². The monoisotopic (exact) mass is 424 g/mol. The van der Waals surface area contributed by atoms with Gasteiger partial charge >= 0.3 is 0 Å². The number of hydrogen-bond acceptors (Lipinski definition) is 6. The summed E-state index contributed by atoms with van der Waals surface area (Å²) in [6.07, 6.45) is 0. The van der Waals surface area contributed by atoms with Crippen molar-refractivity contribution in [2.24, 2.45) is 0 Å². The van der Waals surface area contributed by atoms with E-state index in [-0.39, 0.29) is 5.82 Å². The highest BCUT2D eigenvalue weighted by molar-refractivity contribution is 5.66. The van der Waals surface area contributed by atoms with Gasteiger partial charge in [0, 0.05) is 75.7 Å². The fourth-order valence-electron chi connectivity index (χ4n) is 4.38. The summed E-state index contributed by atoms with van der Waals surface area (Å²) in [5.74, 6) is 0.831. The maximum absolute atomic E-state index is 13.3. The van der Waals surface area contributed by atoms with Crippen LogP contribution in [0.4, 0.5) is 10.2 Å². The number of anilines is 1. The van der Waals surface area contributed by atoms with Crippen molar-refractivity contribution in [3.63, 3.8) is 0 Å². The predicted molar refractivity (Wildman–Crippen MR) is 119 cm³/mol. The van der Waals surface area contributed by atoms with Crippen LogP contribution in [0, 0.1) is 12.7 Å². The van der Waals surface area contributed by atoms with Gasteiger partial charge in [0.05, 0.1) is 18.9 Å². The third-order valence-corrected chi connectivity index (χ3v) is 6.21. The van der Waals surface area contributed by atoms with Gasteiger partial charge in [0.25, 0.3) is 0 Å². The summed E-state index contributed by atoms with van der Waals surface area (Å²) >= 11 is 0. The van der Waals surface area contributed by atoms with E-state index in [9.17, 15) is 4.39 Å². The zero-order chi connectivity index (χ0) is 21.2. The second-order valence-corrected chi connectivity index (χ2v) is 8.34. The molecule has 2 aliphatic rings. The Labute approximate surface area is 182 Å². The van der Waals surface area contributed by atoms with Gasteiger partial charge in [-0.3, -0.25) is 9.80 Å². The topological polar surface area (TPSA) is 49.1 Å². The van der Waals surface area contributed by atoms with Crippen molar-refractivity contribution in [1.29, 1.82) is 0 Å². The van der Waals surface area contributed by atoms with E-state index in [1.807, 2.05) is 17.5 Å². The second kappa shape index (κ2) is 8.90. The van der Waals surface area contributed by atoms with E-state index in [0.717, 1.165) is 94.0 Å². The fourth-order valence-corrected chi connectivity index (χ4v) is 4.38. The first-order chi connectivity index (χ1) is 15.2. The molecule has 0 atom stereocenters. The van der Waals surface area contributed by atoms with Crippen LogP contribution >= 0.6 is 0 Å². The van der Waals surface area contributed by atoms with Crippen LogP contribution in [0.15, 0.2) is 36.4 Å². The largest absolute Gasteiger partial charge is 0.379 e. The smallest absolute Gasteiger partial charge is 0.158 e. The summed E-state index contributed by atoms with van der Waals surface area (Å²) in [6, 6.07) is 10.5. The number of rotatable bonds is 5. The molecule has 0 N–H and O–H groups in total. The Morgan fingerprint density at radius 3 is 2.29 bits per heavy atom. The fraction of sp³-hybridized carbons (Fsp3) is 0.478. The van der Waals surface area contributed by atoms with Crippen LogP contribution < -0.4 is 4.90 Å². The van der Waals surface area contributed by atoms with E-state index in [2.05, 4.69) is 25.8 Å². The van der Waals surface area contributed by atoms with Crippen molar-refractivity contribution in [3.8, 4) is 11.3 Å². The van der Waals surface area contributed by atoms with Crippen LogP contribution in [0.5, 0.6) is 0 Å². The van der Waals surface area contributed by atoms with Gasteiger partial charge < -0.3 is 9.64 Å². The van der Waals surface area contributed by atoms with E-state index in [1.165, 1.54) is 12.1 Å². The molecule has 0 aliphatic carbocycles. The van der Waals surface area contributed by atoms with Crippen LogP contribution in [-0.2, 0) is 4.74 Å². The maximum atomic E-state index is 13.3. The lowest BCUT2D eigenvalue weighted by Gasteiger charge is -2.37. The van der Waals surface area contributed by atoms with E-state index >= 15 is 0 Å². The molecule has 3 aromatic rings. The molecule has 1 aromatic carbocycles. The number of aryl methyl sites for hydroxylation is 1. The van der Waals surface area contributed by atoms with E-state index in [1.54, 1.807) is 12.1 Å². The molecule has 0 bridgehead atoms. The average molecular weight is 425 g/mol. The number of nitrogens with zero attached hydrogens (tertiary/aromatic N) is 6. The van der Waals surface area contributed by atoms with E-state index in [4.69, 9.17) is 9.84 Å². The Hall–Kier alpha value is -2.55. The number of fused-ring (bicyclic) bond motifs is 1. The van der Waals surface area contributed by atoms with Gasteiger partial charge in [-0.1, -0.05) is 0 Å². The van der Waals surface area contributed by atoms with Gasteiger partial charge in [0.2, 0.25) is 0 Å². The van der Waals surface area contributed by atoms with Gasteiger partial charge in [0.15, 0.2) is 5.65 Å². The summed E-state index contributed by atoms with van der Waals surface area (Å²) in [5, 5.41) is 4.80. The van der Waals surface area contributed by atoms with E-state index in [0.29, 0.717) is 0 Å². The molecule has 5 rings (SSSR count). The van der Waals surface area contributed by atoms with Gasteiger partial charge in [-0.2, -0.15) is 9.61 Å². The van der Waals surface area contributed by atoms with Crippen LogP contribution in [0.3, 0.4) is 0 Å². The minimum absolute atomic E-state index is 0.242. The highest BCUT2D eigenvalue weighted by atomic mass is 19.1. The maximum Gasteiger partial charge on any atom is 0.158 e. The Morgan fingerprint density at radius 1 is 0.903 bits per heavy atom. The zero-order valence-corrected chi connectivity index (χ0v) is 18.0. The number of hydrogen-bond donors (Lipinski definition) is 0. The van der Waals surface area contributed by atoms with Crippen LogP contribution in [-0.4, -0.2) is 90.0 Å². The van der Waals surface area contributed by atoms with E-state index < -0.39 is 0 Å². The van der Waals surface area contributed by atoms with Gasteiger partial charge in [-0.15, -0.1) is 0 Å². The number of morpholine rings is 1. The highest BCUT2D eigenvalue weighted by Gasteiger charge is 2.21. The molecule has 0 spiro atoms. The number of ether oxygens (including phenoxy) is 1. The molecule has 0 radical (unpaired) electrons. The first-order valence-corrected chi connectivity index (χ1v) is 11.1. The molecule has 0 saturated carbocycles. The molecule has 164 valence electrons. The molecular formula is C23H29FN6O. The molecule has 2 aromatic heterocycles. The summed E-state index contributed by atoms with van der Waals surface area (Å²) in [7, 11) is 0. The molecular weight excluding hydrogens is 395 g/mol. The molecule has 2 saturated heterocycles. The third kappa shape index (κ3) is 4.56. The first-order valence-electron chi connectivity index (χ1n) is 11.1. The number of halogens is 1. The minimum atomic E-state index is -0.242. The summed E-state index contributed by atoms with van der Waals surface area (Å²) in [6.45, 7) is 12.1. The third-order valence-electron chi connectivity index (χ3n) is 6.21. The van der Waals surface area contributed by atoms with Crippen molar-refractivity contribution in [2.45, 2.75) is 6.92 Å². The Kier molecular flexibility index (Phi) is 5.85. The Balaban J connectivity index is 1.29. The summed E-state index contributed by atoms with van der Waals surface area (Å²) in [5.41, 5.74) is 3.50. The van der Waals surface area contributed by atoms with Gasteiger partial charge in [0.1, 0.15) is 11.6 Å². The predicted octanol–water partition coefficient (Wildman–Crippen LogP) is 2.30. The summed E-state index contributed by atoms with van der Waals surface area (Å²) < 4.78 is 20.7. The summed E-state index contributed by atoms with van der Waals surface area (Å²) in [4.78, 5) is 12.1. The molecule has 0 unspecified atom stereocenters. The van der Waals surface area contributed by atoms with Crippen molar-refractivity contribution in [2.75, 3.05) is 70.5 Å².